The summed E-state index contributed by atoms with van der Waals surface area (Å²) in [4.78, 5) is 0. The fourth-order valence-electron chi connectivity index (χ4n) is 1.92. The zero-order valence-electron chi connectivity index (χ0n) is 10.8. The second-order valence-electron chi connectivity index (χ2n) is 4.53. The van der Waals surface area contributed by atoms with Gasteiger partial charge in [0.1, 0.15) is 5.01 Å². The Bertz CT molecular complexity index is 289. The van der Waals surface area contributed by atoms with E-state index in [0.717, 1.165) is 10.3 Å². The average molecular weight is 319 g/mol. The van der Waals surface area contributed by atoms with Gasteiger partial charge >= 0.3 is 0 Å². The van der Waals surface area contributed by atoms with Crippen LogP contribution in [0, 0.1) is 0 Å². The molecule has 0 saturated carbocycles. The lowest BCUT2D eigenvalue weighted by Gasteiger charge is -2.00. The Kier molecular flexibility index (Phi) is 8.89. The third kappa shape index (κ3) is 7.87. The number of nitrogens with zero attached hydrogens (tertiary/aromatic N) is 2. The van der Waals surface area contributed by atoms with E-state index in [-0.39, 0.29) is 0 Å². The molecule has 1 aromatic heterocycles. The quantitative estimate of drug-likeness (QED) is 0.542. The first kappa shape index (κ1) is 15.1. The smallest absolute Gasteiger partial charge is 0.143 e. The van der Waals surface area contributed by atoms with Crippen molar-refractivity contribution >= 4 is 27.3 Å². The highest BCUT2D eigenvalue weighted by atomic mass is 79.9. The highest BCUT2D eigenvalue weighted by Gasteiger charge is 2.00. The van der Waals surface area contributed by atoms with Crippen molar-refractivity contribution in [1.82, 2.24) is 10.2 Å². The van der Waals surface area contributed by atoms with Crippen LogP contribution in [0.5, 0.6) is 0 Å². The van der Waals surface area contributed by atoms with Crippen LogP contribution in [-0.2, 0) is 6.42 Å². The summed E-state index contributed by atoms with van der Waals surface area (Å²) in [6.45, 7) is 2.27. The first-order chi connectivity index (χ1) is 8.33. The van der Waals surface area contributed by atoms with E-state index in [0.29, 0.717) is 0 Å². The van der Waals surface area contributed by atoms with Crippen molar-refractivity contribution < 1.29 is 0 Å². The molecule has 98 valence electrons. The van der Waals surface area contributed by atoms with Gasteiger partial charge in [0, 0.05) is 6.42 Å². The number of halogens is 1. The van der Waals surface area contributed by atoms with Gasteiger partial charge in [0.25, 0.3) is 0 Å². The van der Waals surface area contributed by atoms with Gasteiger partial charge in [-0.05, 0) is 22.4 Å². The fourth-order valence-corrected chi connectivity index (χ4v) is 3.17. The van der Waals surface area contributed by atoms with E-state index in [1.807, 2.05) is 0 Å². The highest BCUT2D eigenvalue weighted by Crippen LogP contribution is 2.18. The zero-order chi connectivity index (χ0) is 12.3. The monoisotopic (exact) mass is 318 g/mol. The molecule has 0 spiro atoms. The van der Waals surface area contributed by atoms with E-state index < -0.39 is 0 Å². The number of unbranched alkanes of at least 4 members (excludes halogenated alkanes) is 8. The summed E-state index contributed by atoms with van der Waals surface area (Å²) >= 11 is 5.00. The molecule has 0 aliphatic heterocycles. The summed E-state index contributed by atoms with van der Waals surface area (Å²) in [5.74, 6) is 0. The van der Waals surface area contributed by atoms with Crippen LogP contribution >= 0.6 is 27.3 Å². The van der Waals surface area contributed by atoms with Crippen molar-refractivity contribution in [3.8, 4) is 0 Å². The Morgan fingerprint density at radius 3 is 2.00 bits per heavy atom. The summed E-state index contributed by atoms with van der Waals surface area (Å²) in [5, 5.41) is 9.23. The SMILES string of the molecule is CCCCCCCCCCCc1nnc(Br)s1. The topological polar surface area (TPSA) is 25.8 Å². The van der Waals surface area contributed by atoms with Gasteiger partial charge in [-0.3, -0.25) is 0 Å². The Hall–Kier alpha value is 0.0400. The molecule has 0 aliphatic carbocycles. The van der Waals surface area contributed by atoms with Crippen molar-refractivity contribution in [2.75, 3.05) is 0 Å². The summed E-state index contributed by atoms with van der Waals surface area (Å²) in [6.07, 6.45) is 13.5. The van der Waals surface area contributed by atoms with Gasteiger partial charge in [0.05, 0.1) is 0 Å². The second kappa shape index (κ2) is 10.0. The van der Waals surface area contributed by atoms with Crippen molar-refractivity contribution in [3.63, 3.8) is 0 Å². The molecule has 1 heterocycles. The molecule has 4 heteroatoms. The number of rotatable bonds is 10. The van der Waals surface area contributed by atoms with Crippen LogP contribution in [0.2, 0.25) is 0 Å². The molecule has 0 fully saturated rings. The number of aromatic nitrogens is 2. The third-order valence-corrected chi connectivity index (χ3v) is 4.35. The van der Waals surface area contributed by atoms with Gasteiger partial charge in [-0.25, -0.2) is 0 Å². The van der Waals surface area contributed by atoms with Crippen molar-refractivity contribution in [2.45, 2.75) is 71.1 Å². The average Bonchev–Trinajstić information content (AvgIpc) is 2.73. The van der Waals surface area contributed by atoms with Crippen LogP contribution in [-0.4, -0.2) is 10.2 Å². The normalized spacial score (nSPS) is 10.9. The Morgan fingerprint density at radius 1 is 0.882 bits per heavy atom. The molecule has 0 aromatic carbocycles. The fraction of sp³-hybridized carbons (Fsp3) is 0.846. The molecule has 0 aliphatic rings. The van der Waals surface area contributed by atoms with E-state index >= 15 is 0 Å². The molecule has 0 amide bonds. The molecule has 17 heavy (non-hydrogen) atoms. The molecule has 2 nitrogen and oxygen atoms in total. The molecule has 0 atom stereocenters. The first-order valence-corrected chi connectivity index (χ1v) is 8.41. The first-order valence-electron chi connectivity index (χ1n) is 6.81. The zero-order valence-corrected chi connectivity index (χ0v) is 13.2. The number of hydrogen-bond donors (Lipinski definition) is 0. The maximum Gasteiger partial charge on any atom is 0.183 e. The summed E-state index contributed by atoms with van der Waals surface area (Å²) < 4.78 is 0.906. The highest BCUT2D eigenvalue weighted by molar-refractivity contribution is 9.11. The standard InChI is InChI=1S/C13H23BrN2S/c1-2-3-4-5-6-7-8-9-10-11-12-15-16-13(14)17-12/h2-11H2,1H3. The van der Waals surface area contributed by atoms with Gasteiger partial charge in [-0.15, -0.1) is 10.2 Å². The number of aryl methyl sites for hydroxylation is 1. The maximum absolute atomic E-state index is 4.11. The minimum atomic E-state index is 0.906. The van der Waals surface area contributed by atoms with Crippen molar-refractivity contribution in [3.05, 3.63) is 8.92 Å². The van der Waals surface area contributed by atoms with Crippen LogP contribution in [0.3, 0.4) is 0 Å². The summed E-state index contributed by atoms with van der Waals surface area (Å²) in [5.41, 5.74) is 0. The second-order valence-corrected chi connectivity index (χ2v) is 6.87. The Morgan fingerprint density at radius 2 is 1.47 bits per heavy atom. The lowest BCUT2D eigenvalue weighted by atomic mass is 10.1. The molecule has 0 bridgehead atoms. The van der Waals surface area contributed by atoms with Gasteiger partial charge in [0.2, 0.25) is 0 Å². The van der Waals surface area contributed by atoms with E-state index in [4.69, 9.17) is 0 Å². The predicted molar refractivity (Wildman–Crippen MR) is 78.5 cm³/mol. The van der Waals surface area contributed by atoms with E-state index in [1.165, 1.54) is 62.8 Å². The predicted octanol–water partition coefficient (Wildman–Crippen LogP) is 5.37. The summed E-state index contributed by atoms with van der Waals surface area (Å²) in [6, 6.07) is 0. The molecule has 1 aromatic rings. The molecule has 1 rings (SSSR count). The third-order valence-electron chi connectivity index (χ3n) is 2.94. The lowest BCUT2D eigenvalue weighted by molar-refractivity contribution is 0.564. The molecule has 0 radical (unpaired) electrons. The molecular formula is C13H23BrN2S. The minimum absolute atomic E-state index is 0.906. The maximum atomic E-state index is 4.11. The number of hydrogen-bond acceptors (Lipinski definition) is 3. The largest absolute Gasteiger partial charge is 0.183 e. The molecule has 0 unspecified atom stereocenters. The molecule has 0 saturated heterocycles. The van der Waals surface area contributed by atoms with Crippen molar-refractivity contribution in [2.24, 2.45) is 0 Å². The van der Waals surface area contributed by atoms with Crippen LogP contribution in [0.1, 0.15) is 69.7 Å². The van der Waals surface area contributed by atoms with Gasteiger partial charge in [0.15, 0.2) is 3.92 Å². The van der Waals surface area contributed by atoms with Crippen LogP contribution in [0.4, 0.5) is 0 Å². The van der Waals surface area contributed by atoms with E-state index in [2.05, 4.69) is 33.1 Å². The van der Waals surface area contributed by atoms with Gasteiger partial charge in [-0.2, -0.15) is 0 Å². The molecule has 0 N–H and O–H groups in total. The van der Waals surface area contributed by atoms with Gasteiger partial charge in [-0.1, -0.05) is 69.6 Å². The Balaban J connectivity index is 1.84. The Labute approximate surface area is 117 Å². The van der Waals surface area contributed by atoms with Crippen molar-refractivity contribution in [1.29, 1.82) is 0 Å². The lowest BCUT2D eigenvalue weighted by Crippen LogP contribution is -1.86. The minimum Gasteiger partial charge on any atom is -0.143 e. The van der Waals surface area contributed by atoms with Gasteiger partial charge < -0.3 is 0 Å². The van der Waals surface area contributed by atoms with Crippen LogP contribution < -0.4 is 0 Å². The van der Waals surface area contributed by atoms with Crippen LogP contribution in [0.15, 0.2) is 3.92 Å². The van der Waals surface area contributed by atoms with Crippen LogP contribution in [0.25, 0.3) is 0 Å². The van der Waals surface area contributed by atoms with E-state index in [9.17, 15) is 0 Å². The molecular weight excluding hydrogens is 296 g/mol. The van der Waals surface area contributed by atoms with E-state index in [1.54, 1.807) is 11.3 Å². The summed E-state index contributed by atoms with van der Waals surface area (Å²) in [7, 11) is 0.